The number of fused-ring (bicyclic) bond motifs is 1. The highest BCUT2D eigenvalue weighted by atomic mass is 32.2. The molecule has 0 unspecified atom stereocenters. The summed E-state index contributed by atoms with van der Waals surface area (Å²) >= 11 is 3.15. The van der Waals surface area contributed by atoms with Crippen LogP contribution in [0.25, 0.3) is 10.9 Å². The van der Waals surface area contributed by atoms with Crippen molar-refractivity contribution in [2.24, 2.45) is 5.10 Å². The van der Waals surface area contributed by atoms with E-state index in [0.717, 1.165) is 38.5 Å². The van der Waals surface area contributed by atoms with E-state index in [1.807, 2.05) is 47.8 Å². The Morgan fingerprint density at radius 3 is 2.54 bits per heavy atom. The number of hydrogen-bond donors (Lipinski definition) is 0. The molecule has 0 saturated heterocycles. The van der Waals surface area contributed by atoms with Crippen LogP contribution < -0.4 is 0 Å². The van der Waals surface area contributed by atoms with Crippen molar-refractivity contribution >= 4 is 45.6 Å². The molecule has 1 aliphatic rings. The Hall–Kier alpha value is -3.68. The van der Waals surface area contributed by atoms with Crippen LogP contribution in [0, 0.1) is 5.82 Å². The Labute approximate surface area is 223 Å². The molecule has 5 aromatic rings. The molecule has 37 heavy (non-hydrogen) atoms. The average Bonchev–Trinajstić information content (AvgIpc) is 3.68. The van der Waals surface area contributed by atoms with Gasteiger partial charge in [0.25, 0.3) is 5.91 Å². The van der Waals surface area contributed by atoms with Crippen molar-refractivity contribution in [1.82, 2.24) is 9.58 Å². The van der Waals surface area contributed by atoms with Gasteiger partial charge in [-0.2, -0.15) is 5.10 Å². The lowest BCUT2D eigenvalue weighted by Crippen LogP contribution is -2.28. The molecule has 0 bridgehead atoms. The first kappa shape index (κ1) is 23.7. The molecule has 6 rings (SSSR count). The lowest BCUT2D eigenvalue weighted by atomic mass is 10.0. The van der Waals surface area contributed by atoms with E-state index in [9.17, 15) is 9.18 Å². The van der Waals surface area contributed by atoms with E-state index in [2.05, 4.69) is 35.0 Å². The summed E-state index contributed by atoms with van der Waals surface area (Å²) in [5.74, 6) is -0.0922. The van der Waals surface area contributed by atoms with Gasteiger partial charge in [0.15, 0.2) is 0 Å². The summed E-state index contributed by atoms with van der Waals surface area (Å²) in [4.78, 5) is 15.7. The number of amides is 1. The van der Waals surface area contributed by atoms with E-state index in [1.165, 1.54) is 29.5 Å². The molecule has 7 heteroatoms. The highest BCUT2D eigenvalue weighted by Crippen LogP contribution is 2.36. The van der Waals surface area contributed by atoms with Crippen LogP contribution in [-0.4, -0.2) is 26.9 Å². The number of carbonyl (C=O) groups is 1. The molecule has 2 aromatic heterocycles. The van der Waals surface area contributed by atoms with Crippen LogP contribution in [0.2, 0.25) is 0 Å². The molecule has 0 fully saturated rings. The molecule has 0 aliphatic carbocycles. The summed E-state index contributed by atoms with van der Waals surface area (Å²) in [6.07, 6.45) is 2.75. The fourth-order valence-electron chi connectivity index (χ4n) is 4.72. The summed E-state index contributed by atoms with van der Waals surface area (Å²) in [5.41, 5.74) is 4.15. The standard InChI is InChI=1S/C30H24FN3OS2/c31-23-14-12-22(13-15-23)27-17-25(28-11-6-16-36-28)32-34(27)30(35)20-37-29-19-33(18-21-7-2-1-3-8-21)26-10-5-4-9-24(26)29/h1-16,19,27H,17-18,20H2/t27-/m0/s1. The van der Waals surface area contributed by atoms with Gasteiger partial charge in [-0.1, -0.05) is 66.7 Å². The van der Waals surface area contributed by atoms with E-state index in [4.69, 9.17) is 5.10 Å². The molecule has 1 atom stereocenters. The summed E-state index contributed by atoms with van der Waals surface area (Å²) < 4.78 is 15.8. The zero-order valence-corrected chi connectivity index (χ0v) is 21.6. The van der Waals surface area contributed by atoms with Crippen molar-refractivity contribution in [1.29, 1.82) is 0 Å². The Morgan fingerprint density at radius 1 is 0.973 bits per heavy atom. The highest BCUT2D eigenvalue weighted by Gasteiger charge is 2.33. The minimum absolute atomic E-state index is 0.0641. The topological polar surface area (TPSA) is 37.6 Å². The second kappa shape index (κ2) is 10.4. The average molecular weight is 526 g/mol. The normalized spacial score (nSPS) is 15.3. The maximum atomic E-state index is 13.6. The van der Waals surface area contributed by atoms with Gasteiger partial charge in [0.1, 0.15) is 5.82 Å². The minimum atomic E-state index is -0.290. The predicted molar refractivity (Wildman–Crippen MR) is 150 cm³/mol. The number of benzene rings is 3. The molecule has 1 amide bonds. The molecule has 4 nitrogen and oxygen atoms in total. The molecule has 3 aromatic carbocycles. The second-order valence-electron chi connectivity index (χ2n) is 8.95. The number of thioether (sulfide) groups is 1. The van der Waals surface area contributed by atoms with Crippen molar-refractivity contribution in [3.8, 4) is 0 Å². The molecule has 0 N–H and O–H groups in total. The number of halogens is 1. The third kappa shape index (κ3) is 4.97. The Morgan fingerprint density at radius 2 is 1.76 bits per heavy atom. The number of rotatable bonds is 7. The maximum Gasteiger partial charge on any atom is 0.253 e. The van der Waals surface area contributed by atoms with Crippen molar-refractivity contribution in [3.63, 3.8) is 0 Å². The van der Waals surface area contributed by atoms with Crippen molar-refractivity contribution in [2.75, 3.05) is 5.75 Å². The Balaban J connectivity index is 1.25. The van der Waals surface area contributed by atoms with Gasteiger partial charge in [-0.25, -0.2) is 9.40 Å². The van der Waals surface area contributed by atoms with Crippen LogP contribution in [0.15, 0.2) is 113 Å². The van der Waals surface area contributed by atoms with Crippen LogP contribution in [0.1, 0.15) is 28.5 Å². The zero-order chi connectivity index (χ0) is 25.2. The monoisotopic (exact) mass is 525 g/mol. The van der Waals surface area contributed by atoms with E-state index in [-0.39, 0.29) is 23.5 Å². The summed E-state index contributed by atoms with van der Waals surface area (Å²) in [5, 5.41) is 9.49. The first-order chi connectivity index (χ1) is 18.2. The van der Waals surface area contributed by atoms with E-state index < -0.39 is 0 Å². The largest absolute Gasteiger partial charge is 0.342 e. The minimum Gasteiger partial charge on any atom is -0.342 e. The van der Waals surface area contributed by atoms with Crippen molar-refractivity contribution < 1.29 is 9.18 Å². The smallest absolute Gasteiger partial charge is 0.253 e. The molecule has 0 saturated carbocycles. The third-order valence-corrected chi connectivity index (χ3v) is 8.47. The van der Waals surface area contributed by atoms with Crippen LogP contribution in [-0.2, 0) is 11.3 Å². The summed E-state index contributed by atoms with van der Waals surface area (Å²) in [6, 6.07) is 28.8. The highest BCUT2D eigenvalue weighted by molar-refractivity contribution is 8.00. The van der Waals surface area contributed by atoms with E-state index in [1.54, 1.807) is 28.5 Å². The van der Waals surface area contributed by atoms with Crippen molar-refractivity contribution in [2.45, 2.75) is 23.9 Å². The summed E-state index contributed by atoms with van der Waals surface area (Å²) in [7, 11) is 0. The lowest BCUT2D eigenvalue weighted by Gasteiger charge is -2.22. The number of hydrazone groups is 1. The fourth-order valence-corrected chi connectivity index (χ4v) is 6.38. The zero-order valence-electron chi connectivity index (χ0n) is 20.0. The molecule has 184 valence electrons. The van der Waals surface area contributed by atoms with Crippen LogP contribution >= 0.6 is 23.1 Å². The lowest BCUT2D eigenvalue weighted by molar-refractivity contribution is -0.130. The molecule has 1 aliphatic heterocycles. The Kier molecular flexibility index (Phi) is 6.64. The predicted octanol–water partition coefficient (Wildman–Crippen LogP) is 7.36. The number of nitrogens with zero attached hydrogens (tertiary/aromatic N) is 3. The van der Waals surface area contributed by atoms with Gasteiger partial charge < -0.3 is 4.57 Å². The number of hydrogen-bond acceptors (Lipinski definition) is 4. The Bertz CT molecular complexity index is 1560. The van der Waals surface area contributed by atoms with Gasteiger partial charge in [-0.05, 0) is 40.8 Å². The van der Waals surface area contributed by atoms with Gasteiger partial charge in [0.2, 0.25) is 0 Å². The van der Waals surface area contributed by atoms with Gasteiger partial charge in [-0.15, -0.1) is 23.1 Å². The molecular formula is C30H24FN3OS2. The first-order valence-corrected chi connectivity index (χ1v) is 14.0. The number of aromatic nitrogens is 1. The number of para-hydroxylation sites is 1. The van der Waals surface area contributed by atoms with Crippen molar-refractivity contribution in [3.05, 3.63) is 124 Å². The van der Waals surface area contributed by atoms with E-state index >= 15 is 0 Å². The first-order valence-electron chi connectivity index (χ1n) is 12.1. The maximum absolute atomic E-state index is 13.6. The SMILES string of the molecule is O=C(CSc1cn(Cc2ccccc2)c2ccccc12)N1N=C(c2cccs2)C[C@H]1c1ccc(F)cc1. The number of carbonyl (C=O) groups excluding carboxylic acids is 1. The van der Waals surface area contributed by atoms with E-state index in [0.29, 0.717) is 6.42 Å². The van der Waals surface area contributed by atoms with Crippen LogP contribution in [0.5, 0.6) is 0 Å². The third-order valence-electron chi connectivity index (χ3n) is 6.53. The van der Waals surface area contributed by atoms with Gasteiger partial charge in [0, 0.05) is 35.0 Å². The molecular weight excluding hydrogens is 501 g/mol. The van der Waals surface area contributed by atoms with Gasteiger partial charge in [-0.3, -0.25) is 4.79 Å². The summed E-state index contributed by atoms with van der Waals surface area (Å²) in [6.45, 7) is 0.767. The molecule has 0 radical (unpaired) electrons. The van der Waals surface area contributed by atoms with Crippen LogP contribution in [0.3, 0.4) is 0 Å². The fraction of sp³-hybridized carbons (Fsp3) is 0.133. The second-order valence-corrected chi connectivity index (χ2v) is 10.9. The van der Waals surface area contributed by atoms with Gasteiger partial charge in [0.05, 0.1) is 22.4 Å². The van der Waals surface area contributed by atoms with Gasteiger partial charge >= 0.3 is 0 Å². The quantitative estimate of drug-likeness (QED) is 0.208. The molecule has 3 heterocycles. The van der Waals surface area contributed by atoms with Crippen LogP contribution in [0.4, 0.5) is 4.39 Å². The molecule has 0 spiro atoms. The number of thiophene rings is 1.